The number of fused-ring (bicyclic) bond motifs is 1. The zero-order chi connectivity index (χ0) is 16.6. The summed E-state index contributed by atoms with van der Waals surface area (Å²) in [7, 11) is 1.76. The number of thiazole rings is 1. The third-order valence-electron chi connectivity index (χ3n) is 3.39. The highest BCUT2D eigenvalue weighted by Crippen LogP contribution is 2.10. The van der Waals surface area contributed by atoms with Crippen LogP contribution < -0.4 is 10.6 Å². The molecule has 25 heavy (non-hydrogen) atoms. The fourth-order valence-electron chi connectivity index (χ4n) is 2.20. The second-order valence-corrected chi connectivity index (χ2v) is 6.04. The summed E-state index contributed by atoms with van der Waals surface area (Å²) in [5.74, 6) is 1.61. The van der Waals surface area contributed by atoms with E-state index >= 15 is 0 Å². The maximum Gasteiger partial charge on any atom is 0.193 e. The van der Waals surface area contributed by atoms with Gasteiger partial charge in [0.25, 0.3) is 0 Å². The van der Waals surface area contributed by atoms with Crippen LogP contribution in [0.4, 0.5) is 0 Å². The number of imidazole rings is 1. The van der Waals surface area contributed by atoms with Gasteiger partial charge in [-0.1, -0.05) is 0 Å². The fraction of sp³-hybridized carbons (Fsp3) is 0.375. The zero-order valence-electron chi connectivity index (χ0n) is 14.0. The maximum atomic E-state index is 5.54. The third-order valence-corrected chi connectivity index (χ3v) is 4.16. The monoisotopic (exact) mass is 475 g/mol. The van der Waals surface area contributed by atoms with Crippen LogP contribution in [0.2, 0.25) is 0 Å². The van der Waals surface area contributed by atoms with Crippen LogP contribution in [-0.2, 0) is 17.9 Å². The van der Waals surface area contributed by atoms with Crippen LogP contribution in [0.5, 0.6) is 0 Å². The Hall–Kier alpha value is -1.59. The summed E-state index contributed by atoms with van der Waals surface area (Å²) < 4.78 is 12.8. The van der Waals surface area contributed by atoms with Crippen LogP contribution in [0, 0.1) is 0 Å². The molecule has 0 fully saturated rings. The second kappa shape index (κ2) is 10.4. The molecule has 7 nitrogen and oxygen atoms in total. The normalized spacial score (nSPS) is 11.5. The lowest BCUT2D eigenvalue weighted by Crippen LogP contribution is -2.37. The van der Waals surface area contributed by atoms with Crippen molar-refractivity contribution < 1.29 is 9.15 Å². The van der Waals surface area contributed by atoms with Gasteiger partial charge in [-0.15, -0.1) is 35.3 Å². The molecular formula is C16H22IN5O2S. The number of hydrogen-bond donors (Lipinski definition) is 2. The van der Waals surface area contributed by atoms with E-state index < -0.39 is 0 Å². The summed E-state index contributed by atoms with van der Waals surface area (Å²) in [6, 6.07) is 3.77. The molecule has 0 saturated heterocycles. The lowest BCUT2D eigenvalue weighted by Gasteiger charge is -2.10. The third kappa shape index (κ3) is 6.01. The molecule has 3 rings (SSSR count). The Labute approximate surface area is 167 Å². The minimum absolute atomic E-state index is 0. The molecule has 0 amide bonds. The summed E-state index contributed by atoms with van der Waals surface area (Å²) in [5, 5.41) is 8.55. The number of halogens is 1. The first-order chi connectivity index (χ1) is 11.8. The number of aromatic nitrogens is 2. The first-order valence-electron chi connectivity index (χ1n) is 7.81. The number of nitrogens with one attached hydrogen (secondary N) is 2. The summed E-state index contributed by atoms with van der Waals surface area (Å²) in [4.78, 5) is 9.74. The largest absolute Gasteiger partial charge is 0.467 e. The van der Waals surface area contributed by atoms with Crippen molar-refractivity contribution in [3.8, 4) is 0 Å². The molecule has 2 N–H and O–H groups in total. The van der Waals surface area contributed by atoms with Gasteiger partial charge in [-0.3, -0.25) is 9.39 Å². The van der Waals surface area contributed by atoms with Crippen molar-refractivity contribution in [3.05, 3.63) is 47.6 Å². The number of rotatable bonds is 8. The Kier molecular flexibility index (Phi) is 8.22. The van der Waals surface area contributed by atoms with E-state index in [0.29, 0.717) is 19.8 Å². The van der Waals surface area contributed by atoms with Gasteiger partial charge in [-0.05, 0) is 18.6 Å². The van der Waals surface area contributed by atoms with Crippen molar-refractivity contribution in [2.24, 2.45) is 4.99 Å². The molecule has 0 saturated carbocycles. The highest BCUT2D eigenvalue weighted by Gasteiger charge is 2.03. The maximum absolute atomic E-state index is 5.54. The summed E-state index contributed by atoms with van der Waals surface area (Å²) in [5.41, 5.74) is 0.992. The van der Waals surface area contributed by atoms with Crippen molar-refractivity contribution in [1.29, 1.82) is 0 Å². The zero-order valence-corrected chi connectivity index (χ0v) is 17.1. The highest BCUT2D eigenvalue weighted by molar-refractivity contribution is 14.0. The van der Waals surface area contributed by atoms with Gasteiger partial charge in [0.15, 0.2) is 10.9 Å². The Bertz CT molecular complexity index is 740. The number of aliphatic imine (C=N–C) groups is 1. The number of hydrogen-bond acceptors (Lipinski definition) is 5. The van der Waals surface area contributed by atoms with Gasteiger partial charge in [0.2, 0.25) is 0 Å². The molecule has 0 aromatic carbocycles. The molecule has 0 aliphatic heterocycles. The van der Waals surface area contributed by atoms with Crippen molar-refractivity contribution in [2.75, 3.05) is 20.2 Å². The van der Waals surface area contributed by atoms with Crippen LogP contribution in [-0.4, -0.2) is 35.5 Å². The van der Waals surface area contributed by atoms with E-state index in [4.69, 9.17) is 9.15 Å². The topological polar surface area (TPSA) is 76.1 Å². The summed E-state index contributed by atoms with van der Waals surface area (Å²) >= 11 is 1.63. The lowest BCUT2D eigenvalue weighted by atomic mass is 10.4. The summed E-state index contributed by atoms with van der Waals surface area (Å²) in [6.07, 6.45) is 6.57. The van der Waals surface area contributed by atoms with Gasteiger partial charge >= 0.3 is 0 Å². The molecule has 0 unspecified atom stereocenters. The number of guanidine groups is 1. The number of nitrogens with zero attached hydrogens (tertiary/aromatic N) is 3. The van der Waals surface area contributed by atoms with Crippen LogP contribution in [0.25, 0.3) is 4.96 Å². The lowest BCUT2D eigenvalue weighted by molar-refractivity contribution is 0.105. The van der Waals surface area contributed by atoms with Gasteiger partial charge in [0.1, 0.15) is 12.4 Å². The quantitative estimate of drug-likeness (QED) is 0.227. The molecule has 9 heteroatoms. The standard InChI is InChI=1S/C16H21N5O2S.HI/c1-17-15(18-5-3-7-22-12-14-4-2-8-23-14)19-10-13-11-21-6-9-24-16(21)20-13;/h2,4,6,8-9,11H,3,5,7,10,12H2,1H3,(H2,17,18,19);1H. The van der Waals surface area contributed by atoms with Crippen LogP contribution in [0.1, 0.15) is 17.9 Å². The van der Waals surface area contributed by atoms with E-state index in [1.54, 1.807) is 24.6 Å². The SMILES string of the molecule is CN=C(NCCCOCc1ccco1)NCc1cn2ccsc2n1.I. The minimum atomic E-state index is 0. The molecule has 0 atom stereocenters. The Balaban J connectivity index is 0.00000225. The highest BCUT2D eigenvalue weighted by atomic mass is 127. The minimum Gasteiger partial charge on any atom is -0.467 e. The van der Waals surface area contributed by atoms with E-state index in [2.05, 4.69) is 20.6 Å². The number of ether oxygens (including phenoxy) is 1. The Morgan fingerprint density at radius 2 is 2.36 bits per heavy atom. The first kappa shape index (κ1) is 19.7. The molecule has 0 bridgehead atoms. The Morgan fingerprint density at radius 3 is 3.12 bits per heavy atom. The smallest absolute Gasteiger partial charge is 0.193 e. The summed E-state index contributed by atoms with van der Waals surface area (Å²) in [6.45, 7) is 2.61. The van der Waals surface area contributed by atoms with Crippen molar-refractivity contribution >= 4 is 46.2 Å². The predicted molar refractivity (Wildman–Crippen MR) is 110 cm³/mol. The van der Waals surface area contributed by atoms with Crippen molar-refractivity contribution in [3.63, 3.8) is 0 Å². The van der Waals surface area contributed by atoms with Gasteiger partial charge in [-0.25, -0.2) is 4.98 Å². The van der Waals surface area contributed by atoms with Gasteiger partial charge in [-0.2, -0.15) is 0 Å². The molecule has 3 aromatic rings. The second-order valence-electron chi connectivity index (χ2n) is 5.16. The first-order valence-corrected chi connectivity index (χ1v) is 8.69. The van der Waals surface area contributed by atoms with Crippen LogP contribution in [0.3, 0.4) is 0 Å². The molecule has 0 radical (unpaired) electrons. The molecule has 0 aliphatic rings. The molecule has 0 spiro atoms. The molecular weight excluding hydrogens is 453 g/mol. The van der Waals surface area contributed by atoms with Crippen LogP contribution >= 0.6 is 35.3 Å². The fourth-order valence-corrected chi connectivity index (χ4v) is 2.92. The van der Waals surface area contributed by atoms with E-state index in [-0.39, 0.29) is 24.0 Å². The Morgan fingerprint density at radius 1 is 1.44 bits per heavy atom. The average Bonchev–Trinajstić information content (AvgIpc) is 3.30. The van der Waals surface area contributed by atoms with Crippen molar-refractivity contribution in [1.82, 2.24) is 20.0 Å². The van der Waals surface area contributed by atoms with Gasteiger partial charge in [0.05, 0.1) is 18.5 Å². The number of furan rings is 1. The van der Waals surface area contributed by atoms with E-state index in [9.17, 15) is 0 Å². The van der Waals surface area contributed by atoms with E-state index in [1.807, 2.05) is 34.3 Å². The van der Waals surface area contributed by atoms with E-state index in [1.165, 1.54) is 0 Å². The van der Waals surface area contributed by atoms with Gasteiger partial charge < -0.3 is 19.8 Å². The van der Waals surface area contributed by atoms with Crippen molar-refractivity contribution in [2.45, 2.75) is 19.6 Å². The molecule has 136 valence electrons. The van der Waals surface area contributed by atoms with E-state index in [0.717, 1.165) is 35.3 Å². The average molecular weight is 475 g/mol. The molecule has 3 heterocycles. The molecule has 0 aliphatic carbocycles. The van der Waals surface area contributed by atoms with Gasteiger partial charge in [0, 0.05) is 38.0 Å². The van der Waals surface area contributed by atoms with Crippen LogP contribution in [0.15, 0.2) is 45.6 Å². The predicted octanol–water partition coefficient (Wildman–Crippen LogP) is 2.88. The molecule has 3 aromatic heterocycles.